The SMILES string of the molecule is Brc1ccc(-c2ccc(C[NH2+]Cc3cccs3)o2)cc1. The molecule has 0 radical (unpaired) electrons. The maximum absolute atomic E-state index is 5.89. The van der Waals surface area contributed by atoms with E-state index in [9.17, 15) is 0 Å². The number of hydrogen-bond acceptors (Lipinski definition) is 2. The molecule has 0 aliphatic carbocycles. The Balaban J connectivity index is 1.60. The zero-order valence-electron chi connectivity index (χ0n) is 10.9. The zero-order valence-corrected chi connectivity index (χ0v) is 13.3. The highest BCUT2D eigenvalue weighted by molar-refractivity contribution is 9.10. The largest absolute Gasteiger partial charge is 0.455 e. The molecular formula is C16H15BrNOS+. The van der Waals surface area contributed by atoms with Gasteiger partial charge in [-0.3, -0.25) is 0 Å². The van der Waals surface area contributed by atoms with Gasteiger partial charge in [0.1, 0.15) is 18.8 Å². The van der Waals surface area contributed by atoms with Crippen LogP contribution >= 0.6 is 27.3 Å². The number of halogens is 1. The molecule has 0 spiro atoms. The van der Waals surface area contributed by atoms with Gasteiger partial charge in [-0.15, -0.1) is 11.3 Å². The second-order valence-electron chi connectivity index (χ2n) is 4.55. The molecule has 0 amide bonds. The fourth-order valence-corrected chi connectivity index (χ4v) is 3.01. The van der Waals surface area contributed by atoms with Gasteiger partial charge >= 0.3 is 0 Å². The Bertz CT molecular complexity index is 658. The van der Waals surface area contributed by atoms with Crippen molar-refractivity contribution in [2.45, 2.75) is 13.1 Å². The van der Waals surface area contributed by atoms with Gasteiger partial charge in [0.15, 0.2) is 5.76 Å². The van der Waals surface area contributed by atoms with Gasteiger partial charge in [-0.25, -0.2) is 0 Å². The van der Waals surface area contributed by atoms with Crippen LogP contribution < -0.4 is 5.32 Å². The van der Waals surface area contributed by atoms with E-state index in [4.69, 9.17) is 4.42 Å². The predicted octanol–water partition coefficient (Wildman–Crippen LogP) is 4.03. The lowest BCUT2D eigenvalue weighted by Crippen LogP contribution is -2.80. The summed E-state index contributed by atoms with van der Waals surface area (Å²) in [4.78, 5) is 1.39. The second-order valence-corrected chi connectivity index (χ2v) is 6.50. The van der Waals surface area contributed by atoms with Crippen molar-refractivity contribution < 1.29 is 9.73 Å². The van der Waals surface area contributed by atoms with Crippen LogP contribution in [0.25, 0.3) is 11.3 Å². The second kappa shape index (κ2) is 6.39. The third kappa shape index (κ3) is 3.39. The Morgan fingerprint density at radius 2 is 1.85 bits per heavy atom. The van der Waals surface area contributed by atoms with Crippen LogP contribution in [0.15, 0.2) is 62.8 Å². The van der Waals surface area contributed by atoms with Gasteiger partial charge < -0.3 is 9.73 Å². The lowest BCUT2D eigenvalue weighted by atomic mass is 10.2. The number of furan rings is 1. The van der Waals surface area contributed by atoms with Gasteiger partial charge in [0, 0.05) is 10.0 Å². The van der Waals surface area contributed by atoms with Crippen molar-refractivity contribution in [3.63, 3.8) is 0 Å². The predicted molar refractivity (Wildman–Crippen MR) is 85.5 cm³/mol. The molecule has 3 rings (SSSR count). The Kier molecular flexibility index (Phi) is 4.35. The van der Waals surface area contributed by atoms with Gasteiger partial charge in [0.2, 0.25) is 0 Å². The van der Waals surface area contributed by atoms with E-state index in [2.05, 4.69) is 57.0 Å². The summed E-state index contributed by atoms with van der Waals surface area (Å²) in [6.07, 6.45) is 0. The van der Waals surface area contributed by atoms with Crippen molar-refractivity contribution in [2.75, 3.05) is 0 Å². The summed E-state index contributed by atoms with van der Waals surface area (Å²) in [5.74, 6) is 1.94. The van der Waals surface area contributed by atoms with Crippen molar-refractivity contribution in [1.82, 2.24) is 0 Å². The number of thiophene rings is 1. The number of nitrogens with two attached hydrogens (primary N) is 1. The molecular weight excluding hydrogens is 334 g/mol. The van der Waals surface area contributed by atoms with Crippen LogP contribution in [0.4, 0.5) is 0 Å². The van der Waals surface area contributed by atoms with E-state index in [0.29, 0.717) is 0 Å². The van der Waals surface area contributed by atoms with Crippen LogP contribution in [0.3, 0.4) is 0 Å². The van der Waals surface area contributed by atoms with E-state index in [-0.39, 0.29) is 0 Å². The lowest BCUT2D eigenvalue weighted by molar-refractivity contribution is -0.687. The summed E-state index contributed by atoms with van der Waals surface area (Å²) in [6, 6.07) is 16.5. The van der Waals surface area contributed by atoms with Gasteiger partial charge in [-0.05, 0) is 35.7 Å². The topological polar surface area (TPSA) is 29.8 Å². The molecule has 0 saturated heterocycles. The Labute approximate surface area is 130 Å². The highest BCUT2D eigenvalue weighted by Crippen LogP contribution is 2.23. The lowest BCUT2D eigenvalue weighted by Gasteiger charge is -1.99. The van der Waals surface area contributed by atoms with Gasteiger partial charge in [0.05, 0.1) is 4.88 Å². The molecule has 102 valence electrons. The number of hydrogen-bond donors (Lipinski definition) is 1. The van der Waals surface area contributed by atoms with Crippen LogP contribution in [-0.2, 0) is 13.1 Å². The number of quaternary nitrogens is 1. The highest BCUT2D eigenvalue weighted by Gasteiger charge is 2.06. The van der Waals surface area contributed by atoms with Gasteiger partial charge in [-0.1, -0.05) is 34.1 Å². The summed E-state index contributed by atoms with van der Waals surface area (Å²) in [5.41, 5.74) is 1.11. The smallest absolute Gasteiger partial charge is 0.158 e. The van der Waals surface area contributed by atoms with Crippen molar-refractivity contribution in [2.24, 2.45) is 0 Å². The first kappa shape index (κ1) is 13.6. The quantitative estimate of drug-likeness (QED) is 0.740. The molecule has 0 saturated carbocycles. The molecule has 0 aliphatic rings. The van der Waals surface area contributed by atoms with Crippen molar-refractivity contribution in [3.05, 3.63) is 69.0 Å². The van der Waals surface area contributed by atoms with Crippen molar-refractivity contribution in [1.29, 1.82) is 0 Å². The zero-order chi connectivity index (χ0) is 13.8. The van der Waals surface area contributed by atoms with E-state index >= 15 is 0 Å². The molecule has 20 heavy (non-hydrogen) atoms. The molecule has 2 N–H and O–H groups in total. The minimum Gasteiger partial charge on any atom is -0.455 e. The molecule has 0 bridgehead atoms. The van der Waals surface area contributed by atoms with E-state index in [1.54, 1.807) is 11.3 Å². The van der Waals surface area contributed by atoms with Crippen LogP contribution in [0.2, 0.25) is 0 Å². The number of rotatable bonds is 5. The summed E-state index contributed by atoms with van der Waals surface area (Å²) in [6.45, 7) is 1.88. The third-order valence-electron chi connectivity index (χ3n) is 3.06. The van der Waals surface area contributed by atoms with Crippen LogP contribution in [0, 0.1) is 0 Å². The third-order valence-corrected chi connectivity index (χ3v) is 4.49. The van der Waals surface area contributed by atoms with E-state index < -0.39 is 0 Å². The van der Waals surface area contributed by atoms with Crippen LogP contribution in [0.5, 0.6) is 0 Å². The fraction of sp³-hybridized carbons (Fsp3) is 0.125. The molecule has 0 fully saturated rings. The Hall–Kier alpha value is -1.36. The summed E-state index contributed by atoms with van der Waals surface area (Å²) < 4.78 is 6.97. The van der Waals surface area contributed by atoms with Crippen LogP contribution in [0.1, 0.15) is 10.6 Å². The van der Waals surface area contributed by atoms with E-state index in [1.165, 1.54) is 4.88 Å². The molecule has 0 atom stereocenters. The Morgan fingerprint density at radius 1 is 1.00 bits per heavy atom. The standard InChI is InChI=1S/C16H14BrNOS/c17-13-5-3-12(4-6-13)16-8-7-14(19-16)10-18-11-15-2-1-9-20-15/h1-9,18H,10-11H2/p+1. The minimum absolute atomic E-state index is 0.869. The highest BCUT2D eigenvalue weighted by atomic mass is 79.9. The van der Waals surface area contributed by atoms with E-state index in [1.807, 2.05) is 18.2 Å². The first-order chi connectivity index (χ1) is 9.81. The van der Waals surface area contributed by atoms with Crippen molar-refractivity contribution in [3.8, 4) is 11.3 Å². The molecule has 0 aliphatic heterocycles. The minimum atomic E-state index is 0.869. The molecule has 2 heterocycles. The summed E-state index contributed by atoms with van der Waals surface area (Å²) in [5, 5.41) is 4.37. The van der Waals surface area contributed by atoms with Crippen LogP contribution in [-0.4, -0.2) is 0 Å². The van der Waals surface area contributed by atoms with Crippen molar-refractivity contribution >= 4 is 27.3 Å². The summed E-state index contributed by atoms with van der Waals surface area (Å²) in [7, 11) is 0. The maximum atomic E-state index is 5.89. The van der Waals surface area contributed by atoms with Gasteiger partial charge in [0.25, 0.3) is 0 Å². The first-order valence-electron chi connectivity index (χ1n) is 6.50. The molecule has 1 aromatic carbocycles. The molecule has 4 heteroatoms. The molecule has 2 aromatic heterocycles. The molecule has 0 unspecified atom stereocenters. The average molecular weight is 349 g/mol. The molecule has 2 nitrogen and oxygen atoms in total. The fourth-order valence-electron chi connectivity index (χ4n) is 2.04. The monoisotopic (exact) mass is 348 g/mol. The van der Waals surface area contributed by atoms with E-state index in [0.717, 1.165) is 34.6 Å². The number of benzene rings is 1. The first-order valence-corrected chi connectivity index (χ1v) is 8.17. The average Bonchev–Trinajstić information content (AvgIpc) is 3.11. The Morgan fingerprint density at radius 3 is 2.60 bits per heavy atom. The normalized spacial score (nSPS) is 10.8. The maximum Gasteiger partial charge on any atom is 0.158 e. The molecule has 3 aromatic rings. The van der Waals surface area contributed by atoms with Gasteiger partial charge in [-0.2, -0.15) is 0 Å². The summed E-state index contributed by atoms with van der Waals surface area (Å²) >= 11 is 5.24.